The molecule has 0 atom stereocenters. The van der Waals surface area contributed by atoms with Crippen LogP contribution in [-0.4, -0.2) is 20.1 Å². The van der Waals surface area contributed by atoms with Crippen LogP contribution >= 0.6 is 11.3 Å². The number of carbonyl (C=O) groups is 1. The molecule has 0 radical (unpaired) electrons. The number of amides is 1. The summed E-state index contributed by atoms with van der Waals surface area (Å²) in [5.74, 6) is 0. The second-order valence-corrected chi connectivity index (χ2v) is 8.67. The number of thiophene rings is 1. The molecule has 0 unspecified atom stereocenters. The molecule has 0 aliphatic carbocycles. The van der Waals surface area contributed by atoms with Crippen molar-refractivity contribution in [1.82, 2.24) is 4.72 Å². The van der Waals surface area contributed by atoms with Crippen LogP contribution in [0.3, 0.4) is 0 Å². The number of hydrogen-bond acceptors (Lipinski definition) is 5. The number of fused-ring (bicyclic) bond motifs is 1. The smallest absolute Gasteiger partial charge is 0.421 e. The van der Waals surface area contributed by atoms with Crippen LogP contribution in [0.1, 0.15) is 26.3 Å². The molecular weight excluding hydrogens is 322 g/mol. The molecule has 1 amide bonds. The van der Waals surface area contributed by atoms with Crippen LogP contribution in [0, 0.1) is 0 Å². The van der Waals surface area contributed by atoms with Gasteiger partial charge in [0.1, 0.15) is 9.81 Å². The molecule has 1 aromatic carbocycles. The highest BCUT2D eigenvalue weighted by molar-refractivity contribution is 7.92. The average Bonchev–Trinajstić information content (AvgIpc) is 2.78. The van der Waals surface area contributed by atoms with Gasteiger partial charge in [-0.25, -0.2) is 17.9 Å². The molecule has 2 aromatic rings. The summed E-state index contributed by atoms with van der Waals surface area (Å²) in [5.41, 5.74) is 0.132. The van der Waals surface area contributed by atoms with Crippen LogP contribution in [0.25, 0.3) is 16.2 Å². The Morgan fingerprint density at radius 2 is 2.00 bits per heavy atom. The van der Waals surface area contributed by atoms with Gasteiger partial charge in [-0.05, 0) is 49.9 Å². The maximum Gasteiger partial charge on any atom is 0.421 e. The van der Waals surface area contributed by atoms with Gasteiger partial charge in [0, 0.05) is 4.70 Å². The van der Waals surface area contributed by atoms with E-state index in [0.717, 1.165) is 27.0 Å². The maximum atomic E-state index is 12.2. The average molecular weight is 339 g/mol. The third-order valence-electron chi connectivity index (χ3n) is 2.63. The summed E-state index contributed by atoms with van der Waals surface area (Å²) in [4.78, 5) is 11.6. The highest BCUT2D eigenvalue weighted by Gasteiger charge is 2.24. The van der Waals surface area contributed by atoms with Crippen molar-refractivity contribution in [2.24, 2.45) is 0 Å². The minimum Gasteiger partial charge on any atom is -0.443 e. The summed E-state index contributed by atoms with van der Waals surface area (Å²) >= 11 is 1.09. The van der Waals surface area contributed by atoms with Gasteiger partial charge in [0.15, 0.2) is 0 Å². The molecule has 118 valence electrons. The van der Waals surface area contributed by atoms with Crippen molar-refractivity contribution in [2.45, 2.75) is 30.6 Å². The minimum atomic E-state index is -3.95. The zero-order chi connectivity index (χ0) is 16.5. The fraction of sp³-hybridized carbons (Fsp3) is 0.267. The first-order chi connectivity index (χ1) is 10.1. The molecule has 0 fully saturated rings. The first kappa shape index (κ1) is 16.5. The van der Waals surface area contributed by atoms with E-state index >= 15 is 0 Å². The van der Waals surface area contributed by atoms with Crippen LogP contribution in [0.5, 0.6) is 0 Å². The molecule has 0 spiro atoms. The van der Waals surface area contributed by atoms with E-state index in [9.17, 15) is 13.2 Å². The summed E-state index contributed by atoms with van der Waals surface area (Å²) in [6.45, 7) is 8.66. The van der Waals surface area contributed by atoms with E-state index < -0.39 is 21.7 Å². The highest BCUT2D eigenvalue weighted by atomic mass is 32.2. The summed E-state index contributed by atoms with van der Waals surface area (Å²) in [7, 11) is -3.95. The van der Waals surface area contributed by atoms with Crippen LogP contribution in [0.2, 0.25) is 0 Å². The van der Waals surface area contributed by atoms with E-state index in [1.807, 2.05) is 22.9 Å². The Hall–Kier alpha value is -1.86. The maximum absolute atomic E-state index is 12.2. The topological polar surface area (TPSA) is 72.5 Å². The number of rotatable bonds is 3. The molecule has 22 heavy (non-hydrogen) atoms. The van der Waals surface area contributed by atoms with E-state index in [-0.39, 0.29) is 4.21 Å². The Labute approximate surface area is 133 Å². The Morgan fingerprint density at radius 1 is 1.32 bits per heavy atom. The van der Waals surface area contributed by atoms with E-state index in [2.05, 4.69) is 6.58 Å². The molecule has 0 saturated heterocycles. The van der Waals surface area contributed by atoms with Crippen LogP contribution in [0.4, 0.5) is 4.79 Å². The Balaban J connectivity index is 2.29. The van der Waals surface area contributed by atoms with Gasteiger partial charge in [0.25, 0.3) is 10.0 Å². The number of benzene rings is 1. The lowest BCUT2D eigenvalue weighted by Gasteiger charge is -2.19. The molecule has 1 N–H and O–H groups in total. The SMILES string of the molecule is C=Cc1ccc2sc(S(=O)(=O)NC(=O)OC(C)(C)C)cc2c1. The van der Waals surface area contributed by atoms with Crippen molar-refractivity contribution in [3.05, 3.63) is 36.4 Å². The zero-order valence-corrected chi connectivity index (χ0v) is 14.2. The lowest BCUT2D eigenvalue weighted by atomic mass is 10.2. The van der Waals surface area contributed by atoms with Crippen molar-refractivity contribution >= 4 is 43.6 Å². The fourth-order valence-corrected chi connectivity index (χ4v) is 4.01. The number of nitrogens with one attached hydrogen (secondary N) is 1. The second-order valence-electron chi connectivity index (χ2n) is 5.67. The van der Waals surface area contributed by atoms with Crippen LogP contribution in [0.15, 0.2) is 35.1 Å². The van der Waals surface area contributed by atoms with Gasteiger partial charge in [0.2, 0.25) is 0 Å². The van der Waals surface area contributed by atoms with Crippen molar-refractivity contribution in [3.63, 3.8) is 0 Å². The summed E-state index contributed by atoms with van der Waals surface area (Å²) in [5, 5.41) is 0.784. The molecule has 0 aliphatic heterocycles. The summed E-state index contributed by atoms with van der Waals surface area (Å²) < 4.78 is 32.2. The normalized spacial score (nSPS) is 12.1. The molecule has 5 nitrogen and oxygen atoms in total. The molecular formula is C15H17NO4S2. The predicted molar refractivity (Wildman–Crippen MR) is 88.5 cm³/mol. The third-order valence-corrected chi connectivity index (χ3v) is 5.54. The van der Waals surface area contributed by atoms with Crippen molar-refractivity contribution in [2.75, 3.05) is 0 Å². The lowest BCUT2D eigenvalue weighted by molar-refractivity contribution is 0.0570. The Bertz CT molecular complexity index is 829. The summed E-state index contributed by atoms with van der Waals surface area (Å²) in [6.07, 6.45) is 0.696. The van der Waals surface area contributed by atoms with E-state index in [4.69, 9.17) is 4.74 Å². The lowest BCUT2D eigenvalue weighted by Crippen LogP contribution is -2.36. The monoisotopic (exact) mass is 339 g/mol. The molecule has 0 aliphatic rings. The van der Waals surface area contributed by atoms with Gasteiger partial charge < -0.3 is 4.74 Å². The quantitative estimate of drug-likeness (QED) is 0.924. The van der Waals surface area contributed by atoms with Crippen molar-refractivity contribution in [3.8, 4) is 0 Å². The van der Waals surface area contributed by atoms with E-state index in [1.165, 1.54) is 6.07 Å². The van der Waals surface area contributed by atoms with Gasteiger partial charge in [-0.3, -0.25) is 0 Å². The Morgan fingerprint density at radius 3 is 2.59 bits per heavy atom. The van der Waals surface area contributed by atoms with Gasteiger partial charge >= 0.3 is 6.09 Å². The predicted octanol–water partition coefficient (Wildman–Crippen LogP) is 3.76. The molecule has 0 bridgehead atoms. The zero-order valence-electron chi connectivity index (χ0n) is 12.5. The van der Waals surface area contributed by atoms with Gasteiger partial charge in [-0.15, -0.1) is 11.3 Å². The fourth-order valence-electron chi connectivity index (χ4n) is 1.76. The molecule has 1 aromatic heterocycles. The first-order valence-electron chi connectivity index (χ1n) is 6.52. The number of ether oxygens (including phenoxy) is 1. The molecule has 7 heteroatoms. The number of hydrogen-bond donors (Lipinski definition) is 1. The van der Waals surface area contributed by atoms with E-state index in [0.29, 0.717) is 0 Å². The standard InChI is InChI=1S/C15H17NO4S2/c1-5-10-6-7-12-11(8-10)9-13(21-12)22(18,19)16-14(17)20-15(2,3)4/h5-9H,1H2,2-4H3,(H,16,17). The van der Waals surface area contributed by atoms with Crippen molar-refractivity contribution in [1.29, 1.82) is 0 Å². The van der Waals surface area contributed by atoms with Crippen molar-refractivity contribution < 1.29 is 17.9 Å². The van der Waals surface area contributed by atoms with Gasteiger partial charge in [0.05, 0.1) is 0 Å². The van der Waals surface area contributed by atoms with Gasteiger partial charge in [-0.2, -0.15) is 0 Å². The molecule has 2 rings (SSSR count). The van der Waals surface area contributed by atoms with Gasteiger partial charge in [-0.1, -0.05) is 18.7 Å². The summed E-state index contributed by atoms with van der Waals surface area (Å²) in [6, 6.07) is 7.04. The Kier molecular flexibility index (Phi) is 4.30. The number of carbonyl (C=O) groups excluding carboxylic acids is 1. The third kappa shape index (κ3) is 3.86. The van der Waals surface area contributed by atoms with E-state index in [1.54, 1.807) is 26.8 Å². The first-order valence-corrected chi connectivity index (χ1v) is 8.82. The largest absolute Gasteiger partial charge is 0.443 e. The van der Waals surface area contributed by atoms with Crippen LogP contribution < -0.4 is 4.72 Å². The molecule has 0 saturated carbocycles. The number of sulfonamides is 1. The molecule has 1 heterocycles. The highest BCUT2D eigenvalue weighted by Crippen LogP contribution is 2.30. The van der Waals surface area contributed by atoms with Crippen LogP contribution in [-0.2, 0) is 14.8 Å². The minimum absolute atomic E-state index is 0.0644. The second kappa shape index (κ2) is 5.73.